The van der Waals surface area contributed by atoms with Gasteiger partial charge in [-0.3, -0.25) is 4.79 Å². The van der Waals surface area contributed by atoms with Crippen LogP contribution in [0.15, 0.2) is 30.3 Å². The van der Waals surface area contributed by atoms with E-state index < -0.39 is 0 Å². The van der Waals surface area contributed by atoms with Crippen molar-refractivity contribution >= 4 is 17.5 Å². The van der Waals surface area contributed by atoms with Gasteiger partial charge in [0.1, 0.15) is 5.88 Å². The van der Waals surface area contributed by atoms with E-state index in [0.29, 0.717) is 0 Å². The Morgan fingerprint density at radius 1 is 1.38 bits per heavy atom. The monoisotopic (exact) mass is 237 g/mol. The zero-order valence-corrected chi connectivity index (χ0v) is 10.2. The average Bonchev–Trinajstić information content (AvgIpc) is 2.29. The van der Waals surface area contributed by atoms with Gasteiger partial charge in [0.05, 0.1) is 0 Å². The van der Waals surface area contributed by atoms with Crippen LogP contribution in [0.2, 0.25) is 0 Å². The molecule has 2 nitrogen and oxygen atoms in total. The first kappa shape index (κ1) is 11.5. The summed E-state index contributed by atoms with van der Waals surface area (Å²) in [7, 11) is 0. The second kappa shape index (κ2) is 4.46. The molecule has 1 aliphatic heterocycles. The van der Waals surface area contributed by atoms with Crippen LogP contribution in [-0.4, -0.2) is 29.8 Å². The molecule has 1 aliphatic rings. The van der Waals surface area contributed by atoms with Crippen LogP contribution in [0, 0.1) is 0 Å². The van der Waals surface area contributed by atoms with E-state index in [1.165, 1.54) is 5.56 Å². The molecule has 0 aromatic heterocycles. The number of hydrogen-bond acceptors (Lipinski definition) is 1. The maximum Gasteiger partial charge on any atom is 0.237 e. The van der Waals surface area contributed by atoms with Gasteiger partial charge >= 0.3 is 0 Å². The normalized spacial score (nSPS) is 18.0. The average molecular weight is 238 g/mol. The van der Waals surface area contributed by atoms with E-state index in [-0.39, 0.29) is 17.2 Å². The summed E-state index contributed by atoms with van der Waals surface area (Å²) in [6.45, 7) is 3.79. The Hall–Kier alpha value is -1.02. The minimum atomic E-state index is 0.0432. The number of carbonyl (C=O) groups excluding carboxylic acids is 1. The molecule has 0 unspecified atom stereocenters. The van der Waals surface area contributed by atoms with Gasteiger partial charge in [0, 0.05) is 18.5 Å². The number of nitrogens with zero attached hydrogens (tertiary/aromatic N) is 1. The van der Waals surface area contributed by atoms with Gasteiger partial charge in [-0.2, -0.15) is 0 Å². The molecular formula is C13H16ClNO. The highest BCUT2D eigenvalue weighted by Gasteiger charge is 2.44. The van der Waals surface area contributed by atoms with Gasteiger partial charge in [-0.15, -0.1) is 11.6 Å². The molecular weight excluding hydrogens is 222 g/mol. The first-order valence-electron chi connectivity index (χ1n) is 5.61. The standard InChI is InChI=1S/C13H16ClNO/c1-2-13(11-6-4-3-5-7-11)9-15(10-13)12(16)8-14/h3-7H,2,8-10H2,1H3. The highest BCUT2D eigenvalue weighted by molar-refractivity contribution is 6.27. The van der Waals surface area contributed by atoms with Gasteiger partial charge in [-0.1, -0.05) is 37.3 Å². The van der Waals surface area contributed by atoms with E-state index in [0.717, 1.165) is 19.5 Å². The summed E-state index contributed by atoms with van der Waals surface area (Å²) in [4.78, 5) is 13.3. The first-order chi connectivity index (χ1) is 7.72. The largest absolute Gasteiger partial charge is 0.340 e. The van der Waals surface area contributed by atoms with Crippen molar-refractivity contribution in [2.24, 2.45) is 0 Å². The second-order valence-electron chi connectivity index (χ2n) is 4.38. The Balaban J connectivity index is 2.12. The van der Waals surface area contributed by atoms with Crippen LogP contribution in [-0.2, 0) is 10.2 Å². The third-order valence-electron chi connectivity index (χ3n) is 3.52. The summed E-state index contributed by atoms with van der Waals surface area (Å²) < 4.78 is 0. The van der Waals surface area contributed by atoms with Crippen molar-refractivity contribution in [1.29, 1.82) is 0 Å². The van der Waals surface area contributed by atoms with Crippen LogP contribution in [0.1, 0.15) is 18.9 Å². The molecule has 1 saturated heterocycles. The minimum Gasteiger partial charge on any atom is -0.340 e. The number of likely N-dealkylation sites (tertiary alicyclic amines) is 1. The fraction of sp³-hybridized carbons (Fsp3) is 0.462. The fourth-order valence-corrected chi connectivity index (χ4v) is 2.52. The first-order valence-corrected chi connectivity index (χ1v) is 6.14. The van der Waals surface area contributed by atoms with Crippen LogP contribution < -0.4 is 0 Å². The third kappa shape index (κ3) is 1.82. The zero-order chi connectivity index (χ0) is 11.6. The van der Waals surface area contributed by atoms with Crippen LogP contribution in [0.3, 0.4) is 0 Å². The number of halogens is 1. The zero-order valence-electron chi connectivity index (χ0n) is 9.45. The lowest BCUT2D eigenvalue weighted by atomic mass is 9.71. The van der Waals surface area contributed by atoms with E-state index in [1.807, 2.05) is 11.0 Å². The molecule has 1 heterocycles. The third-order valence-corrected chi connectivity index (χ3v) is 3.75. The van der Waals surface area contributed by atoms with Gasteiger partial charge in [-0.05, 0) is 12.0 Å². The van der Waals surface area contributed by atoms with E-state index >= 15 is 0 Å². The smallest absolute Gasteiger partial charge is 0.237 e. The summed E-state index contributed by atoms with van der Waals surface area (Å²) in [5, 5.41) is 0. The Kier molecular flexibility index (Phi) is 3.20. The van der Waals surface area contributed by atoms with Crippen LogP contribution in [0.4, 0.5) is 0 Å². The molecule has 0 N–H and O–H groups in total. The highest BCUT2D eigenvalue weighted by atomic mass is 35.5. The lowest BCUT2D eigenvalue weighted by molar-refractivity contribution is -0.136. The lowest BCUT2D eigenvalue weighted by Gasteiger charge is -2.50. The van der Waals surface area contributed by atoms with Crippen LogP contribution >= 0.6 is 11.6 Å². The number of benzene rings is 1. The van der Waals surface area contributed by atoms with Crippen molar-refractivity contribution in [3.8, 4) is 0 Å². The van der Waals surface area contributed by atoms with Gasteiger partial charge in [-0.25, -0.2) is 0 Å². The molecule has 3 heteroatoms. The predicted octanol–water partition coefficient (Wildman–Crippen LogP) is 2.42. The Bertz CT molecular complexity index is 371. The molecule has 0 saturated carbocycles. The number of rotatable bonds is 3. The van der Waals surface area contributed by atoms with Gasteiger partial charge in [0.25, 0.3) is 0 Å². The summed E-state index contributed by atoms with van der Waals surface area (Å²) >= 11 is 5.55. The van der Waals surface area contributed by atoms with Crippen molar-refractivity contribution in [1.82, 2.24) is 4.90 Å². The van der Waals surface area contributed by atoms with Crippen LogP contribution in [0.5, 0.6) is 0 Å². The number of hydrogen-bond donors (Lipinski definition) is 0. The molecule has 1 aromatic rings. The van der Waals surface area contributed by atoms with Crippen molar-refractivity contribution in [3.63, 3.8) is 0 Å². The van der Waals surface area contributed by atoms with Crippen molar-refractivity contribution in [3.05, 3.63) is 35.9 Å². The van der Waals surface area contributed by atoms with Gasteiger partial charge in [0.15, 0.2) is 0 Å². The maximum atomic E-state index is 11.4. The molecule has 1 aromatic carbocycles. The Labute approximate surface area is 101 Å². The van der Waals surface area contributed by atoms with Crippen molar-refractivity contribution in [2.75, 3.05) is 19.0 Å². The van der Waals surface area contributed by atoms with E-state index in [2.05, 4.69) is 31.2 Å². The topological polar surface area (TPSA) is 20.3 Å². The van der Waals surface area contributed by atoms with Crippen molar-refractivity contribution < 1.29 is 4.79 Å². The molecule has 0 bridgehead atoms. The number of amides is 1. The molecule has 86 valence electrons. The van der Waals surface area contributed by atoms with Crippen LogP contribution in [0.25, 0.3) is 0 Å². The van der Waals surface area contributed by atoms with E-state index in [4.69, 9.17) is 11.6 Å². The molecule has 1 amide bonds. The summed E-state index contributed by atoms with van der Waals surface area (Å²) in [6, 6.07) is 10.4. The summed E-state index contributed by atoms with van der Waals surface area (Å²) in [5.74, 6) is 0.135. The molecule has 0 radical (unpaired) electrons. The SMILES string of the molecule is CCC1(c2ccccc2)CN(C(=O)CCl)C1. The van der Waals surface area contributed by atoms with E-state index in [9.17, 15) is 4.79 Å². The Morgan fingerprint density at radius 3 is 2.50 bits per heavy atom. The highest BCUT2D eigenvalue weighted by Crippen LogP contribution is 2.37. The maximum absolute atomic E-state index is 11.4. The van der Waals surface area contributed by atoms with E-state index in [1.54, 1.807) is 0 Å². The predicted molar refractivity (Wildman–Crippen MR) is 65.7 cm³/mol. The summed E-state index contributed by atoms with van der Waals surface area (Å²) in [6.07, 6.45) is 1.06. The molecule has 0 spiro atoms. The fourth-order valence-electron chi connectivity index (χ4n) is 2.35. The van der Waals surface area contributed by atoms with Gasteiger partial charge in [0.2, 0.25) is 5.91 Å². The van der Waals surface area contributed by atoms with Gasteiger partial charge < -0.3 is 4.90 Å². The second-order valence-corrected chi connectivity index (χ2v) is 4.65. The quantitative estimate of drug-likeness (QED) is 0.740. The molecule has 16 heavy (non-hydrogen) atoms. The lowest BCUT2D eigenvalue weighted by Crippen LogP contribution is -2.61. The Morgan fingerprint density at radius 2 is 2.00 bits per heavy atom. The molecule has 1 fully saturated rings. The minimum absolute atomic E-state index is 0.0432. The molecule has 0 aliphatic carbocycles. The van der Waals surface area contributed by atoms with Crippen molar-refractivity contribution in [2.45, 2.75) is 18.8 Å². The molecule has 2 rings (SSSR count). The number of alkyl halides is 1. The summed E-state index contributed by atoms with van der Waals surface area (Å²) in [5.41, 5.74) is 1.49. The number of carbonyl (C=O) groups is 1. The molecule has 0 atom stereocenters.